The van der Waals surface area contributed by atoms with Gasteiger partial charge in [0.2, 0.25) is 5.88 Å². The fraction of sp³-hybridized carbons (Fsp3) is 0.571. The number of amides is 1. The summed E-state index contributed by atoms with van der Waals surface area (Å²) < 4.78 is 59.4. The highest BCUT2D eigenvalue weighted by molar-refractivity contribution is 5.94. The number of ether oxygens (including phenoxy) is 2. The predicted molar refractivity (Wildman–Crippen MR) is 90.8 cm³/mol. The third-order valence-electron chi connectivity index (χ3n) is 3.40. The Morgan fingerprint density at radius 1 is 1.38 bits per heavy atom. The second-order valence-electron chi connectivity index (χ2n) is 5.28. The van der Waals surface area contributed by atoms with E-state index >= 15 is 0 Å². The molecule has 2 heterocycles. The molecule has 2 rings (SSSR count). The molecule has 1 saturated heterocycles. The van der Waals surface area contributed by atoms with Gasteiger partial charge in [0.15, 0.2) is 6.61 Å². The van der Waals surface area contributed by atoms with E-state index in [2.05, 4.69) is 15.0 Å². The van der Waals surface area contributed by atoms with Gasteiger partial charge in [-0.15, -0.1) is 24.8 Å². The molecule has 26 heavy (non-hydrogen) atoms. The number of nitrogens with zero attached hydrogens (tertiary/aromatic N) is 1. The number of hydrogen-bond donors (Lipinski definition) is 2. The number of rotatable bonds is 7. The van der Waals surface area contributed by atoms with Crippen LogP contribution in [-0.4, -0.2) is 48.6 Å². The lowest BCUT2D eigenvalue weighted by molar-refractivity contribution is -0.148. The van der Waals surface area contributed by atoms with E-state index in [0.29, 0.717) is 25.1 Å². The smallest absolute Gasteiger partial charge is 0.340 e. The van der Waals surface area contributed by atoms with Gasteiger partial charge in [0.1, 0.15) is 6.10 Å². The van der Waals surface area contributed by atoms with Crippen LogP contribution in [0.2, 0.25) is 0 Å². The Balaban J connectivity index is 0.00000312. The number of carbonyl (C=O) groups is 1. The van der Waals surface area contributed by atoms with Crippen molar-refractivity contribution in [2.24, 2.45) is 5.73 Å². The first kappa shape index (κ1) is 24.6. The van der Waals surface area contributed by atoms with Crippen LogP contribution in [-0.2, 0) is 9.53 Å². The average Bonchev–Trinajstić information content (AvgIpc) is 3.03. The number of pyridine rings is 1. The molecular formula is C14H19Cl2F4N3O3. The summed E-state index contributed by atoms with van der Waals surface area (Å²) in [5, 5.41) is 2.56. The number of carbonyl (C=O) groups excluding carboxylic acids is 1. The Labute approximate surface area is 159 Å². The summed E-state index contributed by atoms with van der Waals surface area (Å²) in [6, 6.07) is 2.55. The van der Waals surface area contributed by atoms with Crippen LogP contribution < -0.4 is 15.8 Å². The summed E-state index contributed by atoms with van der Waals surface area (Å²) in [7, 11) is 0. The van der Waals surface area contributed by atoms with Crippen LogP contribution in [0.25, 0.3) is 0 Å². The van der Waals surface area contributed by atoms with E-state index in [1.165, 1.54) is 18.3 Å². The zero-order chi connectivity index (χ0) is 17.7. The minimum Gasteiger partial charge on any atom is -0.471 e. The molecule has 0 aromatic carbocycles. The molecule has 1 aromatic rings. The molecule has 0 aliphatic carbocycles. The summed E-state index contributed by atoms with van der Waals surface area (Å²) in [6.07, 6.45) is -2.17. The van der Waals surface area contributed by atoms with Crippen molar-refractivity contribution < 1.29 is 31.8 Å². The largest absolute Gasteiger partial charge is 0.471 e. The van der Waals surface area contributed by atoms with Crippen LogP contribution in [0.1, 0.15) is 12.8 Å². The zero-order valence-electron chi connectivity index (χ0n) is 13.4. The van der Waals surface area contributed by atoms with E-state index in [1.54, 1.807) is 0 Å². The molecule has 0 radical (unpaired) electrons. The highest BCUT2D eigenvalue weighted by Crippen LogP contribution is 2.24. The van der Waals surface area contributed by atoms with Gasteiger partial charge in [-0.25, -0.2) is 13.8 Å². The molecule has 12 heteroatoms. The number of nitrogens with one attached hydrogen (secondary N) is 1. The van der Waals surface area contributed by atoms with E-state index in [0.717, 1.165) is 0 Å². The number of aromatic nitrogens is 1. The molecule has 0 unspecified atom stereocenters. The molecule has 1 aliphatic rings. The summed E-state index contributed by atoms with van der Waals surface area (Å²) in [4.78, 5) is 15.7. The summed E-state index contributed by atoms with van der Waals surface area (Å²) in [5.74, 6) is -4.88. The molecular weight excluding hydrogens is 405 g/mol. The van der Waals surface area contributed by atoms with E-state index < -0.39 is 25.1 Å². The Hall–Kier alpha value is -1.36. The molecule has 6 nitrogen and oxygen atoms in total. The molecule has 2 atom stereocenters. The second kappa shape index (κ2) is 10.7. The van der Waals surface area contributed by atoms with Gasteiger partial charge in [-0.05, 0) is 18.9 Å². The summed E-state index contributed by atoms with van der Waals surface area (Å²) in [5.41, 5.74) is 5.76. The normalized spacial score (nSPS) is 19.5. The molecule has 0 bridgehead atoms. The Kier molecular flexibility index (Phi) is 10.1. The molecule has 150 valence electrons. The molecule has 1 amide bonds. The second-order valence-corrected chi connectivity index (χ2v) is 5.28. The van der Waals surface area contributed by atoms with Crippen LogP contribution in [0, 0.1) is 0 Å². The molecule has 0 spiro atoms. The van der Waals surface area contributed by atoms with Gasteiger partial charge < -0.3 is 20.5 Å². The van der Waals surface area contributed by atoms with Crippen molar-refractivity contribution in [1.29, 1.82) is 0 Å². The number of alkyl halides is 4. The van der Waals surface area contributed by atoms with Crippen LogP contribution in [0.5, 0.6) is 5.88 Å². The fourth-order valence-electron chi connectivity index (χ4n) is 2.07. The molecule has 1 aromatic heterocycles. The van der Waals surface area contributed by atoms with Gasteiger partial charge in [-0.1, -0.05) is 0 Å². The predicted octanol–water partition coefficient (Wildman–Crippen LogP) is 2.65. The first-order valence-electron chi connectivity index (χ1n) is 7.23. The van der Waals surface area contributed by atoms with Crippen molar-refractivity contribution >= 4 is 36.4 Å². The number of nitrogens with two attached hydrogens (primary N) is 1. The standard InChI is InChI=1S/C14H17F4N3O3.2ClH/c15-13(16)14(17,18)7-23-11-4-1-8(6-20-11)21-12(22)10-3-2-9(5-19)24-10;;/h1,4,6,9-10,13H,2-3,5,7,19H2,(H,21,22);2*1H/t9-,10+;;/m1../s1. The van der Waals surface area contributed by atoms with Crippen molar-refractivity contribution in [3.05, 3.63) is 18.3 Å². The zero-order valence-corrected chi connectivity index (χ0v) is 15.0. The van der Waals surface area contributed by atoms with Crippen LogP contribution in [0.3, 0.4) is 0 Å². The first-order chi connectivity index (χ1) is 11.3. The summed E-state index contributed by atoms with van der Waals surface area (Å²) in [6.45, 7) is -1.15. The molecule has 1 aliphatic heterocycles. The topological polar surface area (TPSA) is 86.5 Å². The maximum absolute atomic E-state index is 12.7. The lowest BCUT2D eigenvalue weighted by Crippen LogP contribution is -2.33. The summed E-state index contributed by atoms with van der Waals surface area (Å²) >= 11 is 0. The average molecular weight is 424 g/mol. The van der Waals surface area contributed by atoms with Gasteiger partial charge in [0.25, 0.3) is 5.91 Å². The number of hydrogen-bond acceptors (Lipinski definition) is 5. The first-order valence-corrected chi connectivity index (χ1v) is 7.23. The van der Waals surface area contributed by atoms with Gasteiger partial charge in [-0.3, -0.25) is 4.79 Å². The van der Waals surface area contributed by atoms with E-state index in [9.17, 15) is 22.4 Å². The molecule has 3 N–H and O–H groups in total. The third kappa shape index (κ3) is 6.75. The highest BCUT2D eigenvalue weighted by atomic mass is 35.5. The molecule has 1 fully saturated rings. The van der Waals surface area contributed by atoms with Crippen LogP contribution in [0.15, 0.2) is 18.3 Å². The quantitative estimate of drug-likeness (QED) is 0.658. The van der Waals surface area contributed by atoms with Crippen molar-refractivity contribution in [2.45, 2.75) is 37.4 Å². The minimum absolute atomic E-state index is 0. The SMILES string of the molecule is Cl.Cl.NC[C@H]1CC[C@@H](C(=O)Nc2ccc(OCC(F)(F)C(F)F)nc2)O1. The Morgan fingerprint density at radius 3 is 2.58 bits per heavy atom. The lowest BCUT2D eigenvalue weighted by atomic mass is 10.2. The van der Waals surface area contributed by atoms with E-state index in [1.807, 2.05) is 0 Å². The van der Waals surface area contributed by atoms with Gasteiger partial charge in [0, 0.05) is 12.6 Å². The third-order valence-corrected chi connectivity index (χ3v) is 3.40. The Morgan fingerprint density at radius 2 is 2.08 bits per heavy atom. The van der Waals surface area contributed by atoms with Crippen molar-refractivity contribution in [3.63, 3.8) is 0 Å². The maximum Gasteiger partial charge on any atom is 0.340 e. The van der Waals surface area contributed by atoms with Gasteiger partial charge in [-0.2, -0.15) is 8.78 Å². The van der Waals surface area contributed by atoms with Gasteiger partial charge in [0.05, 0.1) is 18.0 Å². The fourth-order valence-corrected chi connectivity index (χ4v) is 2.07. The van der Waals surface area contributed by atoms with Gasteiger partial charge >= 0.3 is 12.3 Å². The minimum atomic E-state index is -4.26. The highest BCUT2D eigenvalue weighted by Gasteiger charge is 2.41. The number of halogens is 6. The van der Waals surface area contributed by atoms with Crippen molar-refractivity contribution in [1.82, 2.24) is 4.98 Å². The monoisotopic (exact) mass is 423 g/mol. The lowest BCUT2D eigenvalue weighted by Gasteiger charge is -2.15. The Bertz CT molecular complexity index is 567. The van der Waals surface area contributed by atoms with E-state index in [4.69, 9.17) is 10.5 Å². The maximum atomic E-state index is 12.7. The van der Waals surface area contributed by atoms with Crippen molar-refractivity contribution in [3.8, 4) is 5.88 Å². The van der Waals surface area contributed by atoms with E-state index in [-0.39, 0.29) is 42.7 Å². The van der Waals surface area contributed by atoms with Crippen molar-refractivity contribution in [2.75, 3.05) is 18.5 Å². The van der Waals surface area contributed by atoms with Crippen LogP contribution >= 0.6 is 24.8 Å². The number of anilines is 1. The molecule has 0 saturated carbocycles. The van der Waals surface area contributed by atoms with Crippen LogP contribution in [0.4, 0.5) is 23.2 Å².